The molecular formula is C8H15NO. The van der Waals surface area contributed by atoms with Crippen molar-refractivity contribution < 1.29 is 4.79 Å². The summed E-state index contributed by atoms with van der Waals surface area (Å²) in [4.78, 5) is 13.3. The van der Waals surface area contributed by atoms with Crippen LogP contribution in [0.1, 0.15) is 27.2 Å². The smallest absolute Gasteiger partial charge is 0.150 e. The van der Waals surface area contributed by atoms with Crippen LogP contribution >= 0.6 is 0 Å². The highest BCUT2D eigenvalue weighted by Crippen LogP contribution is 2.15. The summed E-state index contributed by atoms with van der Waals surface area (Å²) in [6.07, 6.45) is 0.749. The summed E-state index contributed by atoms with van der Waals surface area (Å²) in [5.41, 5.74) is 0. The molecule has 1 saturated heterocycles. The first-order valence-electron chi connectivity index (χ1n) is 3.91. The zero-order valence-corrected chi connectivity index (χ0v) is 6.92. The zero-order chi connectivity index (χ0) is 7.72. The van der Waals surface area contributed by atoms with Gasteiger partial charge in [-0.1, -0.05) is 0 Å². The van der Waals surface area contributed by atoms with Crippen LogP contribution in [0.4, 0.5) is 0 Å². The average molecular weight is 141 g/mol. The normalized spacial score (nSPS) is 28.4. The van der Waals surface area contributed by atoms with Crippen molar-refractivity contribution >= 4 is 5.78 Å². The predicted octanol–water partition coefficient (Wildman–Crippen LogP) is 1.06. The van der Waals surface area contributed by atoms with Gasteiger partial charge in [0.2, 0.25) is 0 Å². The van der Waals surface area contributed by atoms with Crippen molar-refractivity contribution in [2.24, 2.45) is 0 Å². The molecule has 1 aliphatic rings. The minimum atomic E-state index is 0.167. The Balaban J connectivity index is 2.57. The van der Waals surface area contributed by atoms with Gasteiger partial charge in [-0.3, -0.25) is 9.69 Å². The maximum absolute atomic E-state index is 11.0. The molecule has 1 fully saturated rings. The summed E-state index contributed by atoms with van der Waals surface area (Å²) in [5.74, 6) is 0.397. The zero-order valence-electron chi connectivity index (χ0n) is 6.92. The van der Waals surface area contributed by atoms with Crippen molar-refractivity contribution in [3.63, 3.8) is 0 Å². The van der Waals surface area contributed by atoms with Gasteiger partial charge in [-0.25, -0.2) is 0 Å². The first-order valence-corrected chi connectivity index (χ1v) is 3.91. The lowest BCUT2D eigenvalue weighted by molar-refractivity contribution is -0.119. The second-order valence-electron chi connectivity index (χ2n) is 3.22. The summed E-state index contributed by atoms with van der Waals surface area (Å²) in [7, 11) is 0. The Morgan fingerprint density at radius 2 is 2.20 bits per heavy atom. The highest BCUT2D eigenvalue weighted by molar-refractivity contribution is 5.85. The number of hydrogen-bond acceptors (Lipinski definition) is 2. The van der Waals surface area contributed by atoms with E-state index in [0.717, 1.165) is 13.0 Å². The van der Waals surface area contributed by atoms with Crippen molar-refractivity contribution in [2.45, 2.75) is 39.3 Å². The summed E-state index contributed by atoms with van der Waals surface area (Å²) in [6, 6.07) is 0.682. The highest BCUT2D eigenvalue weighted by atomic mass is 16.1. The van der Waals surface area contributed by atoms with E-state index in [1.165, 1.54) is 0 Å². The molecule has 2 heteroatoms. The number of carbonyl (C=O) groups is 1. The molecule has 1 atom stereocenters. The van der Waals surface area contributed by atoms with Gasteiger partial charge in [0, 0.05) is 19.0 Å². The summed E-state index contributed by atoms with van der Waals surface area (Å²) in [5, 5.41) is 0. The van der Waals surface area contributed by atoms with Crippen molar-refractivity contribution in [2.75, 3.05) is 6.54 Å². The molecule has 0 N–H and O–H groups in total. The first-order chi connectivity index (χ1) is 4.63. The van der Waals surface area contributed by atoms with E-state index >= 15 is 0 Å². The van der Waals surface area contributed by atoms with Gasteiger partial charge in [-0.05, 0) is 20.8 Å². The Hall–Kier alpha value is -0.370. The number of carbonyl (C=O) groups excluding carboxylic acids is 1. The van der Waals surface area contributed by atoms with Crippen molar-refractivity contribution in [1.29, 1.82) is 0 Å². The van der Waals surface area contributed by atoms with Gasteiger partial charge in [-0.2, -0.15) is 0 Å². The standard InChI is InChI=1S/C8H15NO/c1-6(2)9-5-4-8(10)7(9)3/h6-7H,4-5H2,1-3H3. The lowest BCUT2D eigenvalue weighted by Crippen LogP contribution is -2.35. The van der Waals surface area contributed by atoms with Crippen molar-refractivity contribution in [1.82, 2.24) is 4.90 Å². The van der Waals surface area contributed by atoms with Crippen molar-refractivity contribution in [3.8, 4) is 0 Å². The Labute approximate surface area is 62.2 Å². The van der Waals surface area contributed by atoms with E-state index in [1.54, 1.807) is 0 Å². The fourth-order valence-corrected chi connectivity index (χ4v) is 1.53. The maximum atomic E-state index is 11.0. The van der Waals surface area contributed by atoms with Gasteiger partial charge in [0.05, 0.1) is 6.04 Å². The average Bonchev–Trinajstić information content (AvgIpc) is 2.14. The van der Waals surface area contributed by atoms with E-state index in [-0.39, 0.29) is 6.04 Å². The lowest BCUT2D eigenvalue weighted by atomic mass is 10.2. The molecule has 10 heavy (non-hydrogen) atoms. The summed E-state index contributed by atoms with van der Waals surface area (Å²) < 4.78 is 0. The number of nitrogens with zero attached hydrogens (tertiary/aromatic N) is 1. The lowest BCUT2D eigenvalue weighted by Gasteiger charge is -2.23. The van der Waals surface area contributed by atoms with E-state index in [1.807, 2.05) is 6.92 Å². The predicted molar refractivity (Wildman–Crippen MR) is 40.9 cm³/mol. The van der Waals surface area contributed by atoms with Gasteiger partial charge in [0.15, 0.2) is 5.78 Å². The Bertz CT molecular complexity index is 142. The van der Waals surface area contributed by atoms with Crippen LogP contribution in [0.3, 0.4) is 0 Å². The number of likely N-dealkylation sites (tertiary alicyclic amines) is 1. The fraction of sp³-hybridized carbons (Fsp3) is 0.875. The molecule has 0 spiro atoms. The topological polar surface area (TPSA) is 20.3 Å². The number of hydrogen-bond donors (Lipinski definition) is 0. The third kappa shape index (κ3) is 1.21. The molecule has 2 nitrogen and oxygen atoms in total. The van der Waals surface area contributed by atoms with Gasteiger partial charge in [-0.15, -0.1) is 0 Å². The van der Waals surface area contributed by atoms with Crippen LogP contribution in [0.25, 0.3) is 0 Å². The monoisotopic (exact) mass is 141 g/mol. The molecule has 1 rings (SSSR count). The van der Waals surface area contributed by atoms with E-state index in [0.29, 0.717) is 11.8 Å². The first kappa shape index (κ1) is 7.73. The third-order valence-corrected chi connectivity index (χ3v) is 2.24. The number of rotatable bonds is 1. The van der Waals surface area contributed by atoms with Crippen molar-refractivity contribution in [3.05, 3.63) is 0 Å². The van der Waals surface area contributed by atoms with E-state index < -0.39 is 0 Å². The molecule has 1 aliphatic heterocycles. The van der Waals surface area contributed by atoms with Crippen LogP contribution in [0, 0.1) is 0 Å². The third-order valence-electron chi connectivity index (χ3n) is 2.24. The van der Waals surface area contributed by atoms with E-state index in [2.05, 4.69) is 18.7 Å². The second-order valence-corrected chi connectivity index (χ2v) is 3.22. The van der Waals surface area contributed by atoms with Crippen LogP contribution in [0.2, 0.25) is 0 Å². The molecule has 58 valence electrons. The number of ketones is 1. The minimum Gasteiger partial charge on any atom is -0.298 e. The molecule has 0 bridgehead atoms. The van der Waals surface area contributed by atoms with Crippen LogP contribution in [0.5, 0.6) is 0 Å². The minimum absolute atomic E-state index is 0.167. The van der Waals surface area contributed by atoms with Crippen LogP contribution < -0.4 is 0 Å². The van der Waals surface area contributed by atoms with Gasteiger partial charge in [0.25, 0.3) is 0 Å². The largest absolute Gasteiger partial charge is 0.298 e. The van der Waals surface area contributed by atoms with Crippen LogP contribution in [0.15, 0.2) is 0 Å². The molecule has 0 radical (unpaired) electrons. The Morgan fingerprint density at radius 3 is 2.40 bits per heavy atom. The maximum Gasteiger partial charge on any atom is 0.150 e. The molecule has 0 aromatic rings. The molecule has 0 aliphatic carbocycles. The SMILES string of the molecule is CC(C)N1CCC(=O)C1C. The van der Waals surface area contributed by atoms with Crippen LogP contribution in [-0.4, -0.2) is 29.3 Å². The molecule has 1 heterocycles. The summed E-state index contributed by atoms with van der Waals surface area (Å²) >= 11 is 0. The molecule has 1 unspecified atom stereocenters. The fourth-order valence-electron chi connectivity index (χ4n) is 1.53. The summed E-state index contributed by atoms with van der Waals surface area (Å²) in [6.45, 7) is 7.22. The Morgan fingerprint density at radius 1 is 1.60 bits per heavy atom. The molecule has 0 saturated carbocycles. The highest BCUT2D eigenvalue weighted by Gasteiger charge is 2.29. The molecule has 0 aromatic carbocycles. The van der Waals surface area contributed by atoms with E-state index in [9.17, 15) is 4.79 Å². The quantitative estimate of drug-likeness (QED) is 0.544. The Kier molecular flexibility index (Phi) is 2.09. The van der Waals surface area contributed by atoms with Crippen LogP contribution in [-0.2, 0) is 4.79 Å². The molecule has 0 amide bonds. The molecular weight excluding hydrogens is 126 g/mol. The second kappa shape index (κ2) is 2.70. The van der Waals surface area contributed by atoms with Gasteiger partial charge < -0.3 is 0 Å². The van der Waals surface area contributed by atoms with E-state index in [4.69, 9.17) is 0 Å². The molecule has 0 aromatic heterocycles. The number of Topliss-reactive ketones (excluding diaryl/α,β-unsaturated/α-hetero) is 1. The van der Waals surface area contributed by atoms with Gasteiger partial charge >= 0.3 is 0 Å². The van der Waals surface area contributed by atoms with Gasteiger partial charge in [0.1, 0.15) is 0 Å².